The molecule has 52 valence electrons. The summed E-state index contributed by atoms with van der Waals surface area (Å²) in [5.41, 5.74) is 6.06. The van der Waals surface area contributed by atoms with Crippen molar-refractivity contribution in [1.29, 1.82) is 0 Å². The molecule has 0 aliphatic carbocycles. The van der Waals surface area contributed by atoms with E-state index in [9.17, 15) is 4.79 Å². The Kier molecular flexibility index (Phi) is 3.76. The van der Waals surface area contributed by atoms with Gasteiger partial charge < -0.3 is 5.73 Å². The van der Waals surface area contributed by atoms with Gasteiger partial charge in [0.1, 0.15) is 0 Å². The summed E-state index contributed by atoms with van der Waals surface area (Å²) in [4.78, 5) is 10.6. The Morgan fingerprint density at radius 1 is 1.44 bits per heavy atom. The molecular weight excluding hydrogens is 114 g/mol. The highest BCUT2D eigenvalue weighted by atomic mass is 16.1. The fraction of sp³-hybridized carbons (Fsp3) is 0.571. The van der Waals surface area contributed by atoms with Gasteiger partial charge >= 0.3 is 0 Å². The van der Waals surface area contributed by atoms with Gasteiger partial charge in [-0.15, -0.1) is 0 Å². The monoisotopic (exact) mass is 127 g/mol. The summed E-state index contributed by atoms with van der Waals surface area (Å²) in [6.07, 6.45) is 2.80. The first-order chi connectivity index (χ1) is 4.20. The molecule has 0 rings (SSSR count). The summed E-state index contributed by atoms with van der Waals surface area (Å²) in [5, 5.41) is 0. The second-order valence-electron chi connectivity index (χ2n) is 1.89. The van der Waals surface area contributed by atoms with Crippen LogP contribution in [-0.2, 0) is 4.79 Å². The Bertz CT molecular complexity index is 127. The predicted octanol–water partition coefficient (Wildman–Crippen LogP) is 1.22. The fourth-order valence-corrected chi connectivity index (χ4v) is 0.411. The van der Waals surface area contributed by atoms with E-state index in [4.69, 9.17) is 5.73 Å². The van der Waals surface area contributed by atoms with Crippen molar-refractivity contribution < 1.29 is 4.79 Å². The molecule has 0 aliphatic heterocycles. The zero-order valence-electron chi connectivity index (χ0n) is 5.98. The topological polar surface area (TPSA) is 43.1 Å². The Hall–Kier alpha value is -0.790. The van der Waals surface area contributed by atoms with Crippen LogP contribution in [0.3, 0.4) is 0 Å². The molecule has 0 bridgehead atoms. The molecule has 0 atom stereocenters. The van der Waals surface area contributed by atoms with Crippen LogP contribution in [0.25, 0.3) is 0 Å². The molecule has 2 nitrogen and oxygen atoms in total. The smallest absolute Gasteiger partial charge is 0.157 e. The lowest BCUT2D eigenvalue weighted by Gasteiger charge is -1.91. The largest absolute Gasteiger partial charge is 0.402 e. The lowest BCUT2D eigenvalue weighted by Crippen LogP contribution is -1.99. The molecule has 0 fully saturated rings. The van der Waals surface area contributed by atoms with E-state index in [0.29, 0.717) is 12.1 Å². The second-order valence-corrected chi connectivity index (χ2v) is 1.89. The molecule has 0 aromatic carbocycles. The van der Waals surface area contributed by atoms with Crippen LogP contribution in [0.1, 0.15) is 26.7 Å². The molecule has 0 aliphatic rings. The van der Waals surface area contributed by atoms with Crippen molar-refractivity contribution in [3.8, 4) is 0 Å². The van der Waals surface area contributed by atoms with Crippen LogP contribution in [0.4, 0.5) is 0 Å². The Morgan fingerprint density at radius 3 is 2.33 bits per heavy atom. The lowest BCUT2D eigenvalue weighted by atomic mass is 10.2. The predicted molar refractivity (Wildman–Crippen MR) is 37.9 cm³/mol. The van der Waals surface area contributed by atoms with Gasteiger partial charge in [-0.3, -0.25) is 4.79 Å². The van der Waals surface area contributed by atoms with E-state index in [1.54, 1.807) is 0 Å². The normalized spacial score (nSPS) is 11.6. The maximum absolute atomic E-state index is 10.6. The van der Waals surface area contributed by atoms with E-state index in [1.165, 1.54) is 6.08 Å². The van der Waals surface area contributed by atoms with Crippen molar-refractivity contribution >= 4 is 5.78 Å². The van der Waals surface area contributed by atoms with E-state index in [1.807, 2.05) is 13.8 Å². The molecule has 0 aromatic rings. The van der Waals surface area contributed by atoms with Crippen molar-refractivity contribution in [3.05, 3.63) is 11.8 Å². The van der Waals surface area contributed by atoms with Gasteiger partial charge in [-0.05, 0) is 12.5 Å². The average molecular weight is 127 g/mol. The molecule has 0 amide bonds. The maximum Gasteiger partial charge on any atom is 0.157 e. The highest BCUT2D eigenvalue weighted by Crippen LogP contribution is 1.92. The number of ketones is 1. The molecule has 0 saturated carbocycles. The van der Waals surface area contributed by atoms with E-state index in [0.717, 1.165) is 6.42 Å². The molecule has 0 heterocycles. The van der Waals surface area contributed by atoms with E-state index >= 15 is 0 Å². The summed E-state index contributed by atoms with van der Waals surface area (Å²) in [7, 11) is 0. The summed E-state index contributed by atoms with van der Waals surface area (Å²) < 4.78 is 0. The van der Waals surface area contributed by atoms with Gasteiger partial charge in [-0.1, -0.05) is 13.8 Å². The van der Waals surface area contributed by atoms with E-state index in [-0.39, 0.29) is 5.78 Å². The second kappa shape index (κ2) is 4.13. The molecule has 9 heavy (non-hydrogen) atoms. The number of rotatable bonds is 3. The third kappa shape index (κ3) is 3.76. The molecular formula is C7H13NO. The first-order valence-corrected chi connectivity index (χ1v) is 3.19. The minimum Gasteiger partial charge on any atom is -0.402 e. The molecule has 2 heteroatoms. The number of hydrogen-bond acceptors (Lipinski definition) is 2. The lowest BCUT2D eigenvalue weighted by molar-refractivity contribution is -0.114. The average Bonchev–Trinajstić information content (AvgIpc) is 1.87. The van der Waals surface area contributed by atoms with Crippen LogP contribution in [0.2, 0.25) is 0 Å². The van der Waals surface area contributed by atoms with Gasteiger partial charge in [0, 0.05) is 12.1 Å². The van der Waals surface area contributed by atoms with E-state index in [2.05, 4.69) is 0 Å². The van der Waals surface area contributed by atoms with Crippen LogP contribution in [0.5, 0.6) is 0 Å². The van der Waals surface area contributed by atoms with Crippen molar-refractivity contribution in [2.45, 2.75) is 26.7 Å². The minimum absolute atomic E-state index is 0.106. The van der Waals surface area contributed by atoms with Crippen molar-refractivity contribution in [2.24, 2.45) is 5.73 Å². The van der Waals surface area contributed by atoms with Crippen LogP contribution in [-0.4, -0.2) is 5.78 Å². The summed E-state index contributed by atoms with van der Waals surface area (Å²) in [6, 6.07) is 0. The zero-order chi connectivity index (χ0) is 7.28. The first kappa shape index (κ1) is 8.21. The van der Waals surface area contributed by atoms with Crippen molar-refractivity contribution in [3.63, 3.8) is 0 Å². The number of carbonyl (C=O) groups is 1. The fourth-order valence-electron chi connectivity index (χ4n) is 0.411. The molecule has 0 spiro atoms. The van der Waals surface area contributed by atoms with Crippen LogP contribution < -0.4 is 5.73 Å². The van der Waals surface area contributed by atoms with Crippen molar-refractivity contribution in [1.82, 2.24) is 0 Å². The summed E-state index contributed by atoms with van der Waals surface area (Å²) in [6.45, 7) is 3.75. The molecule has 0 unspecified atom stereocenters. The highest BCUT2D eigenvalue weighted by molar-refractivity contribution is 5.89. The number of hydrogen-bond donors (Lipinski definition) is 1. The third-order valence-corrected chi connectivity index (χ3v) is 1.10. The highest BCUT2D eigenvalue weighted by Gasteiger charge is 1.91. The van der Waals surface area contributed by atoms with Crippen LogP contribution >= 0.6 is 0 Å². The number of nitrogens with two attached hydrogens (primary N) is 1. The number of carbonyl (C=O) groups excluding carboxylic acids is 1. The first-order valence-electron chi connectivity index (χ1n) is 3.19. The van der Waals surface area contributed by atoms with Crippen molar-refractivity contribution in [2.75, 3.05) is 0 Å². The third-order valence-electron chi connectivity index (χ3n) is 1.10. The van der Waals surface area contributed by atoms with Crippen LogP contribution in [0, 0.1) is 0 Å². The SMILES string of the molecule is CCC(=O)C=C(N)CC. The summed E-state index contributed by atoms with van der Waals surface area (Å²) in [5.74, 6) is 0.106. The Morgan fingerprint density at radius 2 is 2.00 bits per heavy atom. The van der Waals surface area contributed by atoms with Gasteiger partial charge in [0.05, 0.1) is 0 Å². The maximum atomic E-state index is 10.6. The minimum atomic E-state index is 0.106. The van der Waals surface area contributed by atoms with Gasteiger partial charge in [0.15, 0.2) is 5.78 Å². The Balaban J connectivity index is 3.79. The molecule has 0 radical (unpaired) electrons. The number of allylic oxidation sites excluding steroid dienone is 2. The molecule has 0 aromatic heterocycles. The van der Waals surface area contributed by atoms with Gasteiger partial charge in [0.25, 0.3) is 0 Å². The summed E-state index contributed by atoms with van der Waals surface area (Å²) >= 11 is 0. The van der Waals surface area contributed by atoms with E-state index < -0.39 is 0 Å². The quantitative estimate of drug-likeness (QED) is 0.579. The molecule has 2 N–H and O–H groups in total. The van der Waals surface area contributed by atoms with Gasteiger partial charge in [-0.2, -0.15) is 0 Å². The standard InChI is InChI=1S/C7H13NO/c1-3-6(8)5-7(9)4-2/h5H,3-4,8H2,1-2H3. The Labute approximate surface area is 55.7 Å². The molecule has 0 saturated heterocycles. The van der Waals surface area contributed by atoms with Crippen LogP contribution in [0.15, 0.2) is 11.8 Å². The van der Waals surface area contributed by atoms with Gasteiger partial charge in [-0.25, -0.2) is 0 Å². The zero-order valence-corrected chi connectivity index (χ0v) is 5.98. The van der Waals surface area contributed by atoms with Gasteiger partial charge in [0.2, 0.25) is 0 Å².